The van der Waals surface area contributed by atoms with Crippen LogP contribution in [0, 0.1) is 12.8 Å². The van der Waals surface area contributed by atoms with Crippen LogP contribution in [-0.4, -0.2) is 48.1 Å². The Kier molecular flexibility index (Phi) is 6.37. The lowest BCUT2D eigenvalue weighted by Gasteiger charge is -2.19. The van der Waals surface area contributed by atoms with Crippen molar-refractivity contribution in [3.05, 3.63) is 29.8 Å². The van der Waals surface area contributed by atoms with E-state index >= 15 is 0 Å². The maximum atomic E-state index is 11.8. The molecule has 0 saturated heterocycles. The summed E-state index contributed by atoms with van der Waals surface area (Å²) in [6, 6.07) is 6.79. The van der Waals surface area contributed by atoms with Crippen LogP contribution in [0.15, 0.2) is 24.3 Å². The molecule has 1 aromatic rings. The molecule has 0 aliphatic rings. The molecule has 0 heterocycles. The second-order valence-corrected chi connectivity index (χ2v) is 5.19. The van der Waals surface area contributed by atoms with E-state index in [1.807, 2.05) is 25.1 Å². The first-order valence-corrected chi connectivity index (χ1v) is 6.88. The van der Waals surface area contributed by atoms with Crippen LogP contribution in [0.3, 0.4) is 0 Å². The Morgan fingerprint density at radius 2 is 2.00 bits per heavy atom. The summed E-state index contributed by atoms with van der Waals surface area (Å²) in [5.41, 5.74) is 1.65. The Labute approximate surface area is 129 Å². The number of carbonyl (C=O) groups is 3. The van der Waals surface area contributed by atoms with Gasteiger partial charge in [-0.2, -0.15) is 0 Å². The third kappa shape index (κ3) is 5.82. The average molecular weight is 307 g/mol. The fourth-order valence-corrected chi connectivity index (χ4v) is 1.78. The van der Waals surface area contributed by atoms with Gasteiger partial charge in [0.1, 0.15) is 0 Å². The number of hydrogen-bond donors (Lipinski definition) is 3. The lowest BCUT2D eigenvalue weighted by atomic mass is 10.2. The Morgan fingerprint density at radius 1 is 1.32 bits per heavy atom. The number of carboxylic acid groups (broad SMARTS) is 1. The second-order valence-electron chi connectivity index (χ2n) is 5.19. The number of nitrogens with zero attached hydrogens (tertiary/aromatic N) is 1. The fourth-order valence-electron chi connectivity index (χ4n) is 1.78. The Bertz CT molecular complexity index is 559. The molecule has 22 heavy (non-hydrogen) atoms. The number of aliphatic carboxylic acids is 1. The molecule has 0 aliphatic heterocycles. The van der Waals surface area contributed by atoms with Gasteiger partial charge in [-0.1, -0.05) is 19.1 Å². The van der Waals surface area contributed by atoms with E-state index in [0.29, 0.717) is 5.69 Å². The van der Waals surface area contributed by atoms with Gasteiger partial charge in [-0.3, -0.25) is 9.59 Å². The van der Waals surface area contributed by atoms with Crippen molar-refractivity contribution >= 4 is 23.6 Å². The number of aryl methyl sites for hydroxylation is 1. The molecule has 0 spiro atoms. The summed E-state index contributed by atoms with van der Waals surface area (Å²) in [5.74, 6) is -1.98. The highest BCUT2D eigenvalue weighted by atomic mass is 16.4. The molecule has 7 heteroatoms. The SMILES string of the molecule is Cc1cccc(NC(=O)NCC(=O)N(C)CC(C)C(=O)O)c1. The number of anilines is 1. The van der Waals surface area contributed by atoms with E-state index in [0.717, 1.165) is 5.56 Å². The van der Waals surface area contributed by atoms with Gasteiger partial charge < -0.3 is 20.6 Å². The highest BCUT2D eigenvalue weighted by Gasteiger charge is 2.17. The van der Waals surface area contributed by atoms with Gasteiger partial charge in [-0.05, 0) is 24.6 Å². The van der Waals surface area contributed by atoms with E-state index in [2.05, 4.69) is 10.6 Å². The first-order valence-electron chi connectivity index (χ1n) is 6.88. The van der Waals surface area contributed by atoms with Gasteiger partial charge in [0.25, 0.3) is 0 Å². The average Bonchev–Trinajstić information content (AvgIpc) is 2.44. The van der Waals surface area contributed by atoms with Crippen LogP contribution in [0.4, 0.5) is 10.5 Å². The van der Waals surface area contributed by atoms with Crippen molar-refractivity contribution in [1.29, 1.82) is 0 Å². The topological polar surface area (TPSA) is 98.7 Å². The summed E-state index contributed by atoms with van der Waals surface area (Å²) in [5, 5.41) is 13.9. The molecule has 7 nitrogen and oxygen atoms in total. The van der Waals surface area contributed by atoms with Crippen LogP contribution in [0.1, 0.15) is 12.5 Å². The van der Waals surface area contributed by atoms with E-state index < -0.39 is 17.9 Å². The number of rotatable bonds is 6. The van der Waals surface area contributed by atoms with Crippen molar-refractivity contribution in [3.63, 3.8) is 0 Å². The van der Waals surface area contributed by atoms with Crippen LogP contribution < -0.4 is 10.6 Å². The first kappa shape index (κ1) is 17.5. The summed E-state index contributed by atoms with van der Waals surface area (Å²) < 4.78 is 0. The number of likely N-dealkylation sites (N-methyl/N-ethyl adjacent to an activating group) is 1. The maximum absolute atomic E-state index is 11.8. The van der Waals surface area contributed by atoms with Crippen LogP contribution in [0.2, 0.25) is 0 Å². The number of amides is 3. The van der Waals surface area contributed by atoms with Gasteiger partial charge in [0.2, 0.25) is 5.91 Å². The molecule has 1 rings (SSSR count). The first-order chi connectivity index (χ1) is 10.3. The van der Waals surface area contributed by atoms with Gasteiger partial charge in [0, 0.05) is 19.3 Å². The number of carboxylic acids is 1. The Hall–Kier alpha value is -2.57. The minimum Gasteiger partial charge on any atom is -0.481 e. The van der Waals surface area contributed by atoms with Gasteiger partial charge in [-0.15, -0.1) is 0 Å². The summed E-state index contributed by atoms with van der Waals surface area (Å²) in [6.07, 6.45) is 0. The summed E-state index contributed by atoms with van der Waals surface area (Å²) in [6.45, 7) is 3.32. The molecule has 0 fully saturated rings. The fraction of sp³-hybridized carbons (Fsp3) is 0.400. The zero-order valence-corrected chi connectivity index (χ0v) is 12.9. The second kappa shape index (κ2) is 8.02. The molecule has 0 aromatic heterocycles. The van der Waals surface area contributed by atoms with Gasteiger partial charge in [-0.25, -0.2) is 4.79 Å². The van der Waals surface area contributed by atoms with Gasteiger partial charge in [0.05, 0.1) is 12.5 Å². The molecule has 120 valence electrons. The van der Waals surface area contributed by atoms with E-state index in [1.54, 1.807) is 6.07 Å². The number of carbonyl (C=O) groups excluding carboxylic acids is 2. The third-order valence-electron chi connectivity index (χ3n) is 3.07. The smallest absolute Gasteiger partial charge is 0.319 e. The predicted octanol–water partition coefficient (Wildman–Crippen LogP) is 1.30. The molecule has 1 unspecified atom stereocenters. The van der Waals surface area contributed by atoms with Crippen molar-refractivity contribution in [2.75, 3.05) is 25.5 Å². The molecule has 0 radical (unpaired) electrons. The highest BCUT2D eigenvalue weighted by Crippen LogP contribution is 2.08. The third-order valence-corrected chi connectivity index (χ3v) is 3.07. The Balaban J connectivity index is 2.40. The predicted molar refractivity (Wildman–Crippen MR) is 82.6 cm³/mol. The molecule has 3 N–H and O–H groups in total. The van der Waals surface area contributed by atoms with Crippen molar-refractivity contribution in [1.82, 2.24) is 10.2 Å². The largest absolute Gasteiger partial charge is 0.481 e. The molecule has 0 aliphatic carbocycles. The van der Waals surface area contributed by atoms with E-state index in [4.69, 9.17) is 5.11 Å². The lowest BCUT2D eigenvalue weighted by molar-refractivity contribution is -0.142. The van der Waals surface area contributed by atoms with Crippen LogP contribution in [0.25, 0.3) is 0 Å². The molecule has 0 bridgehead atoms. The Morgan fingerprint density at radius 3 is 2.59 bits per heavy atom. The molecule has 1 aromatic carbocycles. The zero-order valence-electron chi connectivity index (χ0n) is 12.9. The number of hydrogen-bond acceptors (Lipinski definition) is 3. The molecular formula is C15H21N3O4. The summed E-state index contributed by atoms with van der Waals surface area (Å²) in [4.78, 5) is 35.5. The minimum atomic E-state index is -0.968. The van der Waals surface area contributed by atoms with Gasteiger partial charge >= 0.3 is 12.0 Å². The highest BCUT2D eigenvalue weighted by molar-refractivity contribution is 5.92. The van der Waals surface area contributed by atoms with E-state index in [1.165, 1.54) is 18.9 Å². The van der Waals surface area contributed by atoms with E-state index in [9.17, 15) is 14.4 Å². The monoisotopic (exact) mass is 307 g/mol. The van der Waals surface area contributed by atoms with Crippen molar-refractivity contribution in [2.24, 2.45) is 5.92 Å². The van der Waals surface area contributed by atoms with Crippen molar-refractivity contribution < 1.29 is 19.5 Å². The van der Waals surface area contributed by atoms with E-state index in [-0.39, 0.29) is 19.0 Å². The lowest BCUT2D eigenvalue weighted by Crippen LogP contribution is -2.42. The summed E-state index contributed by atoms with van der Waals surface area (Å²) >= 11 is 0. The van der Waals surface area contributed by atoms with Crippen LogP contribution in [-0.2, 0) is 9.59 Å². The zero-order chi connectivity index (χ0) is 16.7. The van der Waals surface area contributed by atoms with Crippen molar-refractivity contribution in [2.45, 2.75) is 13.8 Å². The van der Waals surface area contributed by atoms with Crippen LogP contribution in [0.5, 0.6) is 0 Å². The molecule has 3 amide bonds. The van der Waals surface area contributed by atoms with Crippen molar-refractivity contribution in [3.8, 4) is 0 Å². The normalized spacial score (nSPS) is 11.4. The number of urea groups is 1. The molecular weight excluding hydrogens is 286 g/mol. The van der Waals surface area contributed by atoms with Crippen LogP contribution >= 0.6 is 0 Å². The minimum absolute atomic E-state index is 0.0926. The summed E-state index contributed by atoms with van der Waals surface area (Å²) in [7, 11) is 1.50. The quantitative estimate of drug-likeness (QED) is 0.737. The van der Waals surface area contributed by atoms with Gasteiger partial charge in [0.15, 0.2) is 0 Å². The molecule has 0 saturated carbocycles. The number of nitrogens with one attached hydrogen (secondary N) is 2. The maximum Gasteiger partial charge on any atom is 0.319 e. The standard InChI is InChI=1S/C15H21N3O4/c1-10-5-4-6-12(7-10)17-15(22)16-8-13(19)18(3)9-11(2)14(20)21/h4-7,11H,8-9H2,1-3H3,(H,20,21)(H2,16,17,22). The molecule has 1 atom stereocenters. The number of benzene rings is 1.